The molecule has 4 nitrogen and oxygen atoms in total. The molecule has 1 aliphatic heterocycles. The Hall–Kier alpha value is -2.38. The average Bonchev–Trinajstić information content (AvgIpc) is 3.42. The Labute approximate surface area is 178 Å². The van der Waals surface area contributed by atoms with E-state index in [0.29, 0.717) is 18.2 Å². The van der Waals surface area contributed by atoms with E-state index in [1.807, 2.05) is 11.4 Å². The van der Waals surface area contributed by atoms with Gasteiger partial charge in [0.2, 0.25) is 5.91 Å². The molecule has 1 fully saturated rings. The summed E-state index contributed by atoms with van der Waals surface area (Å²) in [5.41, 5.74) is 2.94. The third-order valence-electron chi connectivity index (χ3n) is 4.94. The van der Waals surface area contributed by atoms with E-state index < -0.39 is 0 Å². The van der Waals surface area contributed by atoms with Gasteiger partial charge in [0.05, 0.1) is 11.4 Å². The second-order valence-corrected chi connectivity index (χ2v) is 9.12. The smallest absolute Gasteiger partial charge is 0.230 e. The molecule has 0 saturated carbocycles. The van der Waals surface area contributed by atoms with E-state index >= 15 is 0 Å². The molecule has 0 bridgehead atoms. The first-order valence-corrected chi connectivity index (χ1v) is 11.4. The van der Waals surface area contributed by atoms with E-state index in [1.165, 1.54) is 40.9 Å². The summed E-state index contributed by atoms with van der Waals surface area (Å²) < 4.78 is 13.9. The molecule has 150 valence electrons. The molecule has 7 heteroatoms. The molecule has 29 heavy (non-hydrogen) atoms. The van der Waals surface area contributed by atoms with E-state index in [1.54, 1.807) is 12.1 Å². The summed E-state index contributed by atoms with van der Waals surface area (Å²) in [6, 6.07) is 16.7. The molecule has 0 aliphatic carbocycles. The van der Waals surface area contributed by atoms with Crippen molar-refractivity contribution in [2.24, 2.45) is 5.92 Å². The van der Waals surface area contributed by atoms with Crippen LogP contribution >= 0.6 is 23.1 Å². The van der Waals surface area contributed by atoms with Crippen LogP contribution in [0.2, 0.25) is 0 Å². The lowest BCUT2D eigenvalue weighted by Gasteiger charge is -2.18. The van der Waals surface area contributed by atoms with Crippen molar-refractivity contribution in [3.63, 3.8) is 0 Å². The third-order valence-corrected chi connectivity index (χ3v) is 6.97. The van der Waals surface area contributed by atoms with Gasteiger partial charge < -0.3 is 10.2 Å². The number of thioether (sulfide) groups is 1. The van der Waals surface area contributed by atoms with Gasteiger partial charge in [-0.1, -0.05) is 30.0 Å². The zero-order chi connectivity index (χ0) is 20.1. The van der Waals surface area contributed by atoms with Crippen molar-refractivity contribution >= 4 is 34.7 Å². The van der Waals surface area contributed by atoms with Gasteiger partial charge in [-0.15, -0.1) is 11.3 Å². The summed E-state index contributed by atoms with van der Waals surface area (Å²) in [7, 11) is 0. The minimum Gasteiger partial charge on any atom is -0.371 e. The summed E-state index contributed by atoms with van der Waals surface area (Å²) >= 11 is 2.94. The highest BCUT2D eigenvalue weighted by Gasteiger charge is 2.23. The Morgan fingerprint density at radius 1 is 1.21 bits per heavy atom. The molecule has 1 amide bonds. The fourth-order valence-corrected chi connectivity index (χ4v) is 5.05. The standard InChI is InChI=1S/C22H22FN3OS2/c23-18-8-6-17(7-9-18)20-14-28-22(25-20)29-15-21(27)24-12-16-10-11-26(13-16)19-4-2-1-3-5-19/h1-9,14,16H,10-13,15H2,(H,24,27). The van der Waals surface area contributed by atoms with Crippen molar-refractivity contribution < 1.29 is 9.18 Å². The average molecular weight is 428 g/mol. The minimum absolute atomic E-state index is 0.0340. The van der Waals surface area contributed by atoms with Gasteiger partial charge in [-0.3, -0.25) is 4.79 Å². The second-order valence-electron chi connectivity index (χ2n) is 7.03. The number of nitrogens with zero attached hydrogens (tertiary/aromatic N) is 2. The quantitative estimate of drug-likeness (QED) is 0.556. The van der Waals surface area contributed by atoms with Crippen LogP contribution in [-0.4, -0.2) is 36.3 Å². The predicted molar refractivity (Wildman–Crippen MR) is 118 cm³/mol. The summed E-state index contributed by atoms with van der Waals surface area (Å²) in [5.74, 6) is 0.607. The fraction of sp³-hybridized carbons (Fsp3) is 0.273. The number of hydrogen-bond acceptors (Lipinski definition) is 5. The van der Waals surface area contributed by atoms with Gasteiger partial charge in [0.25, 0.3) is 0 Å². The lowest BCUT2D eigenvalue weighted by atomic mass is 10.1. The number of para-hydroxylation sites is 1. The minimum atomic E-state index is -0.260. The zero-order valence-electron chi connectivity index (χ0n) is 15.9. The molecule has 0 radical (unpaired) electrons. The van der Waals surface area contributed by atoms with Crippen molar-refractivity contribution in [3.8, 4) is 11.3 Å². The van der Waals surface area contributed by atoms with Gasteiger partial charge in [0.1, 0.15) is 5.82 Å². The van der Waals surface area contributed by atoms with Crippen molar-refractivity contribution in [1.29, 1.82) is 0 Å². The van der Waals surface area contributed by atoms with E-state index in [9.17, 15) is 9.18 Å². The van der Waals surface area contributed by atoms with Gasteiger partial charge in [-0.25, -0.2) is 9.37 Å². The van der Waals surface area contributed by atoms with Crippen LogP contribution in [0.4, 0.5) is 10.1 Å². The lowest BCUT2D eigenvalue weighted by Crippen LogP contribution is -2.32. The van der Waals surface area contributed by atoms with Gasteiger partial charge in [0.15, 0.2) is 4.34 Å². The van der Waals surface area contributed by atoms with Crippen LogP contribution in [0.5, 0.6) is 0 Å². The number of hydrogen-bond donors (Lipinski definition) is 1. The summed E-state index contributed by atoms with van der Waals surface area (Å²) in [6.45, 7) is 2.72. The molecule has 0 spiro atoms. The number of thiazole rings is 1. The van der Waals surface area contributed by atoms with E-state index in [-0.39, 0.29) is 11.7 Å². The van der Waals surface area contributed by atoms with Crippen molar-refractivity contribution in [3.05, 3.63) is 65.8 Å². The molecule has 3 aromatic rings. The summed E-state index contributed by atoms with van der Waals surface area (Å²) in [5, 5.41) is 5.00. The maximum absolute atomic E-state index is 13.0. The molecule has 2 heterocycles. The monoisotopic (exact) mass is 427 g/mol. The summed E-state index contributed by atoms with van der Waals surface area (Å²) in [4.78, 5) is 19.1. The molecular formula is C22H22FN3OS2. The SMILES string of the molecule is O=C(CSc1nc(-c2ccc(F)cc2)cs1)NCC1CCN(c2ccccc2)C1. The van der Waals surface area contributed by atoms with Crippen LogP contribution < -0.4 is 10.2 Å². The fourth-order valence-electron chi connectivity index (χ4n) is 3.39. The second kappa shape index (κ2) is 9.41. The number of aromatic nitrogens is 1. The Balaban J connectivity index is 1.20. The number of carbonyl (C=O) groups is 1. The first-order valence-electron chi connectivity index (χ1n) is 9.58. The van der Waals surface area contributed by atoms with Gasteiger partial charge in [-0.05, 0) is 48.7 Å². The number of rotatable bonds is 7. The van der Waals surface area contributed by atoms with Gasteiger partial charge in [0, 0.05) is 36.3 Å². The van der Waals surface area contributed by atoms with Gasteiger partial charge in [-0.2, -0.15) is 0 Å². The lowest BCUT2D eigenvalue weighted by molar-refractivity contribution is -0.118. The number of benzene rings is 2. The van der Waals surface area contributed by atoms with Crippen LogP contribution in [0.1, 0.15) is 6.42 Å². The molecule has 4 rings (SSSR count). The molecule has 1 aliphatic rings. The highest BCUT2D eigenvalue weighted by atomic mass is 32.2. The number of nitrogens with one attached hydrogen (secondary N) is 1. The highest BCUT2D eigenvalue weighted by molar-refractivity contribution is 8.01. The van der Waals surface area contributed by atoms with E-state index in [0.717, 1.165) is 35.1 Å². The molecular weight excluding hydrogens is 405 g/mol. The topological polar surface area (TPSA) is 45.2 Å². The first-order chi connectivity index (χ1) is 14.2. The molecule has 1 unspecified atom stereocenters. The van der Waals surface area contributed by atoms with Crippen LogP contribution in [0.15, 0.2) is 64.3 Å². The van der Waals surface area contributed by atoms with E-state index in [4.69, 9.17) is 0 Å². The maximum atomic E-state index is 13.0. The third kappa shape index (κ3) is 5.36. The van der Waals surface area contributed by atoms with Crippen LogP contribution in [0, 0.1) is 11.7 Å². The molecule has 1 saturated heterocycles. The number of amides is 1. The largest absolute Gasteiger partial charge is 0.371 e. The van der Waals surface area contributed by atoms with Crippen molar-refractivity contribution in [2.45, 2.75) is 10.8 Å². The van der Waals surface area contributed by atoms with Crippen LogP contribution in [0.25, 0.3) is 11.3 Å². The number of halogens is 1. The molecule has 2 aromatic carbocycles. The van der Waals surface area contributed by atoms with E-state index in [2.05, 4.69) is 39.5 Å². The van der Waals surface area contributed by atoms with Crippen molar-refractivity contribution in [2.75, 3.05) is 30.3 Å². The van der Waals surface area contributed by atoms with Crippen molar-refractivity contribution in [1.82, 2.24) is 10.3 Å². The first kappa shape index (κ1) is 19.9. The van der Waals surface area contributed by atoms with Crippen LogP contribution in [-0.2, 0) is 4.79 Å². The predicted octanol–water partition coefficient (Wildman–Crippen LogP) is 4.68. The normalized spacial score (nSPS) is 16.2. The summed E-state index contributed by atoms with van der Waals surface area (Å²) in [6.07, 6.45) is 1.09. The zero-order valence-corrected chi connectivity index (χ0v) is 17.5. The Bertz CT molecular complexity index is 946. The number of carbonyl (C=O) groups excluding carboxylic acids is 1. The van der Waals surface area contributed by atoms with Crippen LogP contribution in [0.3, 0.4) is 0 Å². The van der Waals surface area contributed by atoms with Gasteiger partial charge >= 0.3 is 0 Å². The molecule has 1 N–H and O–H groups in total. The Kier molecular flexibility index (Phi) is 6.46. The Morgan fingerprint density at radius 2 is 2.00 bits per heavy atom. The highest BCUT2D eigenvalue weighted by Crippen LogP contribution is 2.28. The molecule has 1 atom stereocenters. The number of anilines is 1. The maximum Gasteiger partial charge on any atom is 0.230 e. The Morgan fingerprint density at radius 3 is 2.79 bits per heavy atom. The molecule has 1 aromatic heterocycles.